The predicted molar refractivity (Wildman–Crippen MR) is 61.7 cm³/mol. The molecule has 0 bridgehead atoms. The molecule has 0 aliphatic heterocycles. The van der Waals surface area contributed by atoms with Crippen molar-refractivity contribution in [3.63, 3.8) is 0 Å². The zero-order chi connectivity index (χ0) is 11.6. The Labute approximate surface area is 94.4 Å². The molecule has 1 fully saturated rings. The molecule has 1 aliphatic carbocycles. The van der Waals surface area contributed by atoms with Gasteiger partial charge in [0.05, 0.1) is 0 Å². The second-order valence-corrected chi connectivity index (χ2v) is 4.55. The lowest BCUT2D eigenvalue weighted by molar-refractivity contribution is 0.0941. The molecule has 2 rings (SSSR count). The van der Waals surface area contributed by atoms with Gasteiger partial charge in [-0.15, -0.1) is 0 Å². The van der Waals surface area contributed by atoms with Crippen LogP contribution in [-0.4, -0.2) is 17.4 Å². The highest BCUT2D eigenvalue weighted by molar-refractivity contribution is 5.92. The van der Waals surface area contributed by atoms with Crippen LogP contribution in [0.3, 0.4) is 0 Å². The number of nitrogen functional groups attached to an aromatic ring is 1. The largest absolute Gasteiger partial charge is 0.350 e. The van der Waals surface area contributed by atoms with Crippen LogP contribution in [0.4, 0.5) is 5.82 Å². The Kier molecular flexibility index (Phi) is 2.78. The molecule has 86 valence electrons. The standard InChI is InChI=1S/C11H16N4O/c1-11(5-6-11)7-13-10(16)8-3-2-4-9(14-8)15-12/h2-4H,5-7,12H2,1H3,(H,13,16)(H,14,15). The lowest BCUT2D eigenvalue weighted by atomic mass is 10.1. The number of hydrazine groups is 1. The number of carbonyl (C=O) groups excluding carboxylic acids is 1. The maximum Gasteiger partial charge on any atom is 0.269 e. The molecule has 1 saturated carbocycles. The van der Waals surface area contributed by atoms with E-state index < -0.39 is 0 Å². The van der Waals surface area contributed by atoms with E-state index in [1.165, 1.54) is 12.8 Å². The topological polar surface area (TPSA) is 80.0 Å². The maximum absolute atomic E-state index is 11.7. The fourth-order valence-electron chi connectivity index (χ4n) is 1.42. The molecule has 1 amide bonds. The van der Waals surface area contributed by atoms with E-state index in [0.29, 0.717) is 23.5 Å². The molecule has 1 aliphatic rings. The highest BCUT2D eigenvalue weighted by Crippen LogP contribution is 2.44. The third-order valence-electron chi connectivity index (χ3n) is 2.91. The van der Waals surface area contributed by atoms with Crippen LogP contribution < -0.4 is 16.6 Å². The molecular formula is C11H16N4O. The molecule has 1 heterocycles. The first-order chi connectivity index (χ1) is 7.63. The van der Waals surface area contributed by atoms with Crippen molar-refractivity contribution in [2.75, 3.05) is 12.0 Å². The minimum Gasteiger partial charge on any atom is -0.350 e. The summed E-state index contributed by atoms with van der Waals surface area (Å²) in [5, 5.41) is 2.88. The second-order valence-electron chi connectivity index (χ2n) is 4.55. The first kappa shape index (κ1) is 10.9. The summed E-state index contributed by atoms with van der Waals surface area (Å²) in [5.41, 5.74) is 3.11. The Bertz CT molecular complexity index is 401. The van der Waals surface area contributed by atoms with Gasteiger partial charge in [0.1, 0.15) is 11.5 Å². The van der Waals surface area contributed by atoms with Crippen molar-refractivity contribution in [1.82, 2.24) is 10.3 Å². The van der Waals surface area contributed by atoms with Crippen LogP contribution in [0.15, 0.2) is 18.2 Å². The van der Waals surface area contributed by atoms with Gasteiger partial charge >= 0.3 is 0 Å². The minimum atomic E-state index is -0.148. The van der Waals surface area contributed by atoms with E-state index in [0.717, 1.165) is 0 Å². The number of hydrogen-bond donors (Lipinski definition) is 3. The second kappa shape index (κ2) is 4.09. The van der Waals surface area contributed by atoms with Gasteiger partial charge < -0.3 is 10.7 Å². The van der Waals surface area contributed by atoms with Crippen LogP contribution in [0, 0.1) is 5.41 Å². The molecule has 0 radical (unpaired) electrons. The maximum atomic E-state index is 11.7. The SMILES string of the molecule is CC1(CNC(=O)c2cccc(NN)n2)CC1. The van der Waals surface area contributed by atoms with Gasteiger partial charge in [0.2, 0.25) is 0 Å². The predicted octanol–water partition coefficient (Wildman–Crippen LogP) is 0.897. The summed E-state index contributed by atoms with van der Waals surface area (Å²) in [6.07, 6.45) is 2.37. The van der Waals surface area contributed by atoms with Crippen molar-refractivity contribution < 1.29 is 4.79 Å². The number of nitrogens with one attached hydrogen (secondary N) is 2. The molecule has 1 aromatic heterocycles. The third-order valence-corrected chi connectivity index (χ3v) is 2.91. The summed E-state index contributed by atoms with van der Waals surface area (Å²) in [6.45, 7) is 2.88. The zero-order valence-corrected chi connectivity index (χ0v) is 9.29. The number of aromatic nitrogens is 1. The summed E-state index contributed by atoms with van der Waals surface area (Å²) >= 11 is 0. The average molecular weight is 220 g/mol. The van der Waals surface area contributed by atoms with Crippen LogP contribution in [-0.2, 0) is 0 Å². The Balaban J connectivity index is 1.97. The van der Waals surface area contributed by atoms with Crippen molar-refractivity contribution >= 4 is 11.7 Å². The molecule has 16 heavy (non-hydrogen) atoms. The highest BCUT2D eigenvalue weighted by Gasteiger charge is 2.37. The monoisotopic (exact) mass is 220 g/mol. The van der Waals surface area contributed by atoms with E-state index in [1.807, 2.05) is 0 Å². The number of amides is 1. The smallest absolute Gasteiger partial charge is 0.269 e. The van der Waals surface area contributed by atoms with Crippen molar-refractivity contribution in [1.29, 1.82) is 0 Å². The van der Waals surface area contributed by atoms with Crippen molar-refractivity contribution in [2.24, 2.45) is 11.3 Å². The number of nitrogens with zero attached hydrogens (tertiary/aromatic N) is 1. The van der Waals surface area contributed by atoms with Crippen molar-refractivity contribution in [3.8, 4) is 0 Å². The fourth-order valence-corrected chi connectivity index (χ4v) is 1.42. The van der Waals surface area contributed by atoms with E-state index in [9.17, 15) is 4.79 Å². The Morgan fingerprint density at radius 1 is 1.56 bits per heavy atom. The summed E-state index contributed by atoms with van der Waals surface area (Å²) in [6, 6.07) is 5.13. The molecular weight excluding hydrogens is 204 g/mol. The van der Waals surface area contributed by atoms with Crippen molar-refractivity contribution in [2.45, 2.75) is 19.8 Å². The number of hydrogen-bond acceptors (Lipinski definition) is 4. The Morgan fingerprint density at radius 3 is 2.94 bits per heavy atom. The van der Waals surface area contributed by atoms with E-state index in [1.54, 1.807) is 18.2 Å². The van der Waals surface area contributed by atoms with Gasteiger partial charge in [0.25, 0.3) is 5.91 Å². The van der Waals surface area contributed by atoms with E-state index in [-0.39, 0.29) is 5.91 Å². The molecule has 5 heteroatoms. The van der Waals surface area contributed by atoms with E-state index in [2.05, 4.69) is 22.7 Å². The van der Waals surface area contributed by atoms with Crippen LogP contribution in [0.2, 0.25) is 0 Å². The normalized spacial score (nSPS) is 16.6. The van der Waals surface area contributed by atoms with Gasteiger partial charge in [-0.25, -0.2) is 10.8 Å². The van der Waals surface area contributed by atoms with Crippen LogP contribution in [0.5, 0.6) is 0 Å². The number of nitrogens with two attached hydrogens (primary N) is 1. The third kappa shape index (κ3) is 2.49. The fraction of sp³-hybridized carbons (Fsp3) is 0.455. The highest BCUT2D eigenvalue weighted by atomic mass is 16.1. The van der Waals surface area contributed by atoms with Crippen molar-refractivity contribution in [3.05, 3.63) is 23.9 Å². The number of rotatable bonds is 4. The lowest BCUT2D eigenvalue weighted by Gasteiger charge is -2.10. The number of carbonyl (C=O) groups is 1. The van der Waals surface area contributed by atoms with Crippen LogP contribution >= 0.6 is 0 Å². The molecule has 0 saturated heterocycles. The van der Waals surface area contributed by atoms with Crippen LogP contribution in [0.25, 0.3) is 0 Å². The Hall–Kier alpha value is -1.62. The van der Waals surface area contributed by atoms with Gasteiger partial charge in [0.15, 0.2) is 0 Å². The zero-order valence-electron chi connectivity index (χ0n) is 9.29. The molecule has 1 aromatic rings. The number of anilines is 1. The molecule has 0 spiro atoms. The average Bonchev–Trinajstić information content (AvgIpc) is 3.05. The van der Waals surface area contributed by atoms with Gasteiger partial charge in [-0.1, -0.05) is 13.0 Å². The first-order valence-corrected chi connectivity index (χ1v) is 5.35. The lowest BCUT2D eigenvalue weighted by Crippen LogP contribution is -2.29. The van der Waals surface area contributed by atoms with E-state index in [4.69, 9.17) is 5.84 Å². The summed E-state index contributed by atoms with van der Waals surface area (Å²) in [5.74, 6) is 5.57. The Morgan fingerprint density at radius 2 is 2.31 bits per heavy atom. The minimum absolute atomic E-state index is 0.148. The van der Waals surface area contributed by atoms with Gasteiger partial charge in [-0.3, -0.25) is 4.79 Å². The molecule has 4 N–H and O–H groups in total. The van der Waals surface area contributed by atoms with Crippen LogP contribution in [0.1, 0.15) is 30.3 Å². The summed E-state index contributed by atoms with van der Waals surface area (Å²) in [7, 11) is 0. The van der Waals surface area contributed by atoms with Gasteiger partial charge in [-0.05, 0) is 30.4 Å². The van der Waals surface area contributed by atoms with Gasteiger partial charge in [-0.2, -0.15) is 0 Å². The van der Waals surface area contributed by atoms with Gasteiger partial charge in [0, 0.05) is 6.54 Å². The van der Waals surface area contributed by atoms with E-state index >= 15 is 0 Å². The molecule has 0 unspecified atom stereocenters. The molecule has 5 nitrogen and oxygen atoms in total. The molecule has 0 aromatic carbocycles. The quantitative estimate of drug-likeness (QED) is 0.520. The molecule has 0 atom stereocenters. The summed E-state index contributed by atoms with van der Waals surface area (Å²) < 4.78 is 0. The number of pyridine rings is 1. The first-order valence-electron chi connectivity index (χ1n) is 5.35. The summed E-state index contributed by atoms with van der Waals surface area (Å²) in [4.78, 5) is 15.8.